The first-order chi connectivity index (χ1) is 14.8. The Labute approximate surface area is 193 Å². The van der Waals surface area contributed by atoms with Crippen molar-refractivity contribution in [3.63, 3.8) is 0 Å². The van der Waals surface area contributed by atoms with Crippen LogP contribution in [-0.4, -0.2) is 43.7 Å². The first-order valence-corrected chi connectivity index (χ1v) is 11.7. The first-order valence-electron chi connectivity index (χ1n) is 9.50. The summed E-state index contributed by atoms with van der Waals surface area (Å²) in [5.41, 5.74) is 3.66. The van der Waals surface area contributed by atoms with E-state index in [1.807, 2.05) is 43.5 Å². The number of rotatable bonds is 4. The maximum atomic E-state index is 12.7. The quantitative estimate of drug-likeness (QED) is 0.625. The third-order valence-corrected chi connectivity index (χ3v) is 7.01. The Morgan fingerprint density at radius 1 is 1.32 bits per heavy atom. The van der Waals surface area contributed by atoms with Crippen molar-refractivity contribution in [3.05, 3.63) is 51.8 Å². The number of benzene rings is 1. The van der Waals surface area contributed by atoms with Crippen molar-refractivity contribution in [2.45, 2.75) is 20.8 Å². The van der Waals surface area contributed by atoms with Crippen LogP contribution in [0.2, 0.25) is 5.02 Å². The number of hydrazone groups is 1. The lowest BCUT2D eigenvalue weighted by molar-refractivity contribution is -0.114. The molecule has 1 aromatic carbocycles. The van der Waals surface area contributed by atoms with E-state index in [9.17, 15) is 4.79 Å². The number of hydrogen-bond donors (Lipinski definition) is 1. The molecule has 0 saturated carbocycles. The molecular formula is C21H20ClN5O2S2. The van der Waals surface area contributed by atoms with E-state index in [-0.39, 0.29) is 11.4 Å². The molecule has 0 saturated heterocycles. The lowest BCUT2D eigenvalue weighted by atomic mass is 10.1. The molecule has 0 radical (unpaired) electrons. The number of amides is 1. The van der Waals surface area contributed by atoms with Gasteiger partial charge >= 0.3 is 0 Å². The minimum absolute atomic E-state index is 0.0272. The number of amidine groups is 2. The molecule has 0 atom stereocenters. The summed E-state index contributed by atoms with van der Waals surface area (Å²) >= 11 is 9.10. The minimum Gasteiger partial charge on any atom is -0.495 e. The summed E-state index contributed by atoms with van der Waals surface area (Å²) in [7, 11) is 1.61. The van der Waals surface area contributed by atoms with Gasteiger partial charge in [-0.15, -0.1) is 5.10 Å². The molecule has 1 aromatic heterocycles. The van der Waals surface area contributed by atoms with Gasteiger partial charge in [-0.25, -0.2) is 0 Å². The predicted molar refractivity (Wildman–Crippen MR) is 130 cm³/mol. The summed E-state index contributed by atoms with van der Waals surface area (Å²) in [6, 6.07) is 7.39. The van der Waals surface area contributed by atoms with Crippen molar-refractivity contribution in [1.29, 1.82) is 5.41 Å². The van der Waals surface area contributed by atoms with E-state index in [0.29, 0.717) is 15.9 Å². The summed E-state index contributed by atoms with van der Waals surface area (Å²) < 4.78 is 8.31. The Hall–Kier alpha value is -2.49. The molecule has 160 valence electrons. The molecule has 7 nitrogen and oxygen atoms in total. The summed E-state index contributed by atoms with van der Waals surface area (Å²) in [5.74, 6) is 1.13. The van der Waals surface area contributed by atoms with Gasteiger partial charge in [-0.3, -0.25) is 10.2 Å². The van der Waals surface area contributed by atoms with Crippen LogP contribution in [0.3, 0.4) is 0 Å². The zero-order valence-electron chi connectivity index (χ0n) is 17.4. The van der Waals surface area contributed by atoms with Crippen LogP contribution in [0.5, 0.6) is 5.75 Å². The molecule has 0 fully saturated rings. The van der Waals surface area contributed by atoms with Gasteiger partial charge in [0.1, 0.15) is 5.75 Å². The van der Waals surface area contributed by atoms with Gasteiger partial charge in [0.25, 0.3) is 5.91 Å². The monoisotopic (exact) mass is 473 g/mol. The second-order valence-corrected chi connectivity index (χ2v) is 9.70. The Bertz CT molecular complexity index is 1200. The standard InChI is InChI=1S/C21H20ClN5O2S2/c1-5-30-21-25-27-18(23)15(19(28)24-20(27)31-21)9-13-8-11(2)26(12(13)3)16-10-14(22)6-7-17(16)29-4/h6-10,23H,5H2,1-4H3/b15-9-,23-18?. The number of aliphatic imine (C=N–C) groups is 1. The van der Waals surface area contributed by atoms with Crippen molar-refractivity contribution in [2.75, 3.05) is 12.9 Å². The van der Waals surface area contributed by atoms with Crippen LogP contribution in [-0.2, 0) is 4.79 Å². The SMILES string of the molecule is CCSC1=NN2C(=N)/C(=C/c3cc(C)n(-c4cc(Cl)ccc4OC)c3C)C(=O)N=C2S1. The highest BCUT2D eigenvalue weighted by Crippen LogP contribution is 2.34. The number of carbonyl (C=O) groups excluding carboxylic acids is 1. The molecule has 2 aromatic rings. The van der Waals surface area contributed by atoms with Gasteiger partial charge in [0.15, 0.2) is 10.2 Å². The number of halogens is 1. The molecular weight excluding hydrogens is 454 g/mol. The summed E-state index contributed by atoms with van der Waals surface area (Å²) in [6.07, 6.45) is 1.70. The van der Waals surface area contributed by atoms with Crippen LogP contribution in [0.1, 0.15) is 23.9 Å². The second-order valence-electron chi connectivity index (χ2n) is 6.80. The average Bonchev–Trinajstić information content (AvgIpc) is 3.25. The van der Waals surface area contributed by atoms with E-state index in [4.69, 9.17) is 21.7 Å². The number of ether oxygens (including phenoxy) is 1. The van der Waals surface area contributed by atoms with E-state index in [0.717, 1.165) is 32.8 Å². The topological polar surface area (TPSA) is 83.0 Å². The number of carbonyl (C=O) groups is 1. The molecule has 3 heterocycles. The molecule has 0 aliphatic carbocycles. The third kappa shape index (κ3) is 3.93. The molecule has 4 rings (SSSR count). The lowest BCUT2D eigenvalue weighted by Crippen LogP contribution is -2.35. The summed E-state index contributed by atoms with van der Waals surface area (Å²) in [5, 5.41) is 15.4. The number of aryl methyl sites for hydroxylation is 1. The number of aromatic nitrogens is 1. The summed E-state index contributed by atoms with van der Waals surface area (Å²) in [4.78, 5) is 16.8. The van der Waals surface area contributed by atoms with Gasteiger partial charge in [-0.05, 0) is 67.3 Å². The van der Waals surface area contributed by atoms with Crippen LogP contribution in [0, 0.1) is 19.3 Å². The van der Waals surface area contributed by atoms with Gasteiger partial charge in [0.05, 0.1) is 18.4 Å². The van der Waals surface area contributed by atoms with Crippen LogP contribution in [0.25, 0.3) is 11.8 Å². The van der Waals surface area contributed by atoms with Gasteiger partial charge in [0, 0.05) is 16.4 Å². The highest BCUT2D eigenvalue weighted by atomic mass is 35.5. The van der Waals surface area contributed by atoms with Crippen molar-refractivity contribution in [2.24, 2.45) is 10.1 Å². The van der Waals surface area contributed by atoms with Gasteiger partial charge < -0.3 is 9.30 Å². The fourth-order valence-corrected chi connectivity index (χ4v) is 5.45. The Kier molecular flexibility index (Phi) is 6.00. The molecule has 2 aliphatic heterocycles. The van der Waals surface area contributed by atoms with E-state index in [1.165, 1.54) is 16.8 Å². The highest BCUT2D eigenvalue weighted by Gasteiger charge is 2.35. The molecule has 1 amide bonds. The van der Waals surface area contributed by atoms with Crippen LogP contribution in [0.15, 0.2) is 39.9 Å². The van der Waals surface area contributed by atoms with Crippen molar-refractivity contribution in [3.8, 4) is 11.4 Å². The Morgan fingerprint density at radius 2 is 2.10 bits per heavy atom. The molecule has 2 aliphatic rings. The van der Waals surface area contributed by atoms with Crippen molar-refractivity contribution < 1.29 is 9.53 Å². The van der Waals surface area contributed by atoms with Gasteiger partial charge in [-0.2, -0.15) is 10.0 Å². The maximum Gasteiger partial charge on any atom is 0.283 e. The van der Waals surface area contributed by atoms with E-state index in [2.05, 4.69) is 10.1 Å². The normalized spacial score (nSPS) is 17.2. The van der Waals surface area contributed by atoms with Crippen LogP contribution >= 0.6 is 35.1 Å². The average molecular weight is 474 g/mol. The molecule has 10 heteroatoms. The fraction of sp³-hybridized carbons (Fsp3) is 0.238. The second kappa shape index (κ2) is 8.57. The number of nitrogens with zero attached hydrogens (tertiary/aromatic N) is 4. The van der Waals surface area contributed by atoms with E-state index in [1.54, 1.807) is 31.0 Å². The number of fused-ring (bicyclic) bond motifs is 1. The largest absolute Gasteiger partial charge is 0.495 e. The highest BCUT2D eigenvalue weighted by molar-refractivity contribution is 8.45. The van der Waals surface area contributed by atoms with Gasteiger partial charge in [0.2, 0.25) is 5.17 Å². The van der Waals surface area contributed by atoms with Crippen LogP contribution in [0.4, 0.5) is 0 Å². The van der Waals surface area contributed by atoms with Gasteiger partial charge in [-0.1, -0.05) is 30.3 Å². The Balaban J connectivity index is 1.76. The zero-order valence-corrected chi connectivity index (χ0v) is 19.8. The third-order valence-electron chi connectivity index (χ3n) is 4.86. The predicted octanol–water partition coefficient (Wildman–Crippen LogP) is 5.09. The smallest absolute Gasteiger partial charge is 0.283 e. The molecule has 31 heavy (non-hydrogen) atoms. The van der Waals surface area contributed by atoms with E-state index < -0.39 is 5.91 Å². The fourth-order valence-electron chi connectivity index (χ4n) is 3.45. The van der Waals surface area contributed by atoms with E-state index >= 15 is 0 Å². The van der Waals surface area contributed by atoms with Crippen molar-refractivity contribution >= 4 is 62.5 Å². The minimum atomic E-state index is -0.438. The molecule has 0 bridgehead atoms. The Morgan fingerprint density at radius 3 is 2.81 bits per heavy atom. The molecule has 0 spiro atoms. The number of thioether (sulfide) groups is 2. The van der Waals surface area contributed by atoms with Crippen LogP contribution < -0.4 is 4.74 Å². The first kappa shape index (κ1) is 21.7. The van der Waals surface area contributed by atoms with Crippen molar-refractivity contribution in [1.82, 2.24) is 9.58 Å². The summed E-state index contributed by atoms with van der Waals surface area (Å²) in [6.45, 7) is 5.94. The zero-order chi connectivity index (χ0) is 22.3. The molecule has 0 unspecified atom stereocenters. The maximum absolute atomic E-state index is 12.7. The molecule has 1 N–H and O–H groups in total. The number of methoxy groups -OCH3 is 1. The lowest BCUT2D eigenvalue weighted by Gasteiger charge is -2.20. The number of hydrogen-bond acceptors (Lipinski definition) is 6. The number of nitrogens with one attached hydrogen (secondary N) is 1.